The van der Waals surface area contributed by atoms with E-state index in [1.165, 1.54) is 5.56 Å². The number of hydrogen-bond acceptors (Lipinski definition) is 3. The highest BCUT2D eigenvalue weighted by atomic mass is 16.3. The van der Waals surface area contributed by atoms with Crippen molar-refractivity contribution in [1.29, 1.82) is 0 Å². The number of ketones is 1. The molecule has 3 rings (SSSR count). The molecule has 0 amide bonds. The molecule has 0 aromatic heterocycles. The predicted molar refractivity (Wildman–Crippen MR) is 83.3 cm³/mol. The average molecular weight is 287 g/mol. The molecule has 1 aromatic rings. The summed E-state index contributed by atoms with van der Waals surface area (Å²) in [6, 6.07) is 10.5. The maximum atomic E-state index is 13.1. The number of carbonyl (C=O) groups excluding carboxylic acids is 1. The van der Waals surface area contributed by atoms with Crippen molar-refractivity contribution in [3.63, 3.8) is 0 Å². The van der Waals surface area contributed by atoms with Crippen LogP contribution in [0.3, 0.4) is 0 Å². The van der Waals surface area contributed by atoms with Crippen LogP contribution < -0.4 is 0 Å². The fourth-order valence-corrected chi connectivity index (χ4v) is 4.11. The lowest BCUT2D eigenvalue weighted by Gasteiger charge is -2.31. The molecule has 1 unspecified atom stereocenters. The fourth-order valence-electron chi connectivity index (χ4n) is 4.11. The quantitative estimate of drug-likeness (QED) is 0.904. The van der Waals surface area contributed by atoms with Crippen molar-refractivity contribution in [1.82, 2.24) is 4.90 Å². The maximum Gasteiger partial charge on any atom is 0.157 e. The van der Waals surface area contributed by atoms with Crippen molar-refractivity contribution in [3.8, 4) is 0 Å². The molecule has 1 aromatic carbocycles. The normalized spacial score (nSPS) is 25.3. The Kier molecular flexibility index (Phi) is 4.41. The number of benzene rings is 1. The van der Waals surface area contributed by atoms with Crippen LogP contribution in [-0.4, -0.2) is 41.5 Å². The molecule has 1 heterocycles. The van der Waals surface area contributed by atoms with Gasteiger partial charge in [0.25, 0.3) is 0 Å². The van der Waals surface area contributed by atoms with Crippen LogP contribution >= 0.6 is 0 Å². The third-order valence-electron chi connectivity index (χ3n) is 5.37. The monoisotopic (exact) mass is 287 g/mol. The number of likely N-dealkylation sites (tertiary alicyclic amines) is 1. The van der Waals surface area contributed by atoms with Gasteiger partial charge in [0.1, 0.15) is 0 Å². The van der Waals surface area contributed by atoms with E-state index in [0.717, 1.165) is 45.1 Å². The predicted octanol–water partition coefficient (Wildman–Crippen LogP) is 2.52. The first kappa shape index (κ1) is 14.7. The molecule has 1 aliphatic heterocycles. The zero-order chi connectivity index (χ0) is 14.7. The van der Waals surface area contributed by atoms with Gasteiger partial charge in [-0.15, -0.1) is 0 Å². The maximum absolute atomic E-state index is 13.1. The SMILES string of the molecule is O=C(CN1CCCC1CO)C1(c2ccccc2)CCCC1. The summed E-state index contributed by atoms with van der Waals surface area (Å²) >= 11 is 0. The lowest BCUT2D eigenvalue weighted by molar-refractivity contribution is -0.126. The van der Waals surface area contributed by atoms with Gasteiger partial charge < -0.3 is 5.11 Å². The van der Waals surface area contributed by atoms with Crippen LogP contribution in [0.1, 0.15) is 44.1 Å². The Hall–Kier alpha value is -1.19. The molecule has 3 heteroatoms. The van der Waals surface area contributed by atoms with E-state index in [1.54, 1.807) is 0 Å². The molecule has 1 saturated heterocycles. The standard InChI is InChI=1S/C18H25NO2/c20-14-16-9-6-12-19(16)13-17(21)18(10-4-5-11-18)15-7-2-1-3-8-15/h1-3,7-8,16,20H,4-6,9-14H2. The number of Topliss-reactive ketones (excluding diaryl/α,β-unsaturated/α-hetero) is 1. The topological polar surface area (TPSA) is 40.5 Å². The molecule has 114 valence electrons. The molecule has 0 spiro atoms. The van der Waals surface area contributed by atoms with Crippen LogP contribution in [0.15, 0.2) is 30.3 Å². The van der Waals surface area contributed by atoms with Gasteiger partial charge in [-0.25, -0.2) is 0 Å². The van der Waals surface area contributed by atoms with Gasteiger partial charge in [-0.1, -0.05) is 43.2 Å². The summed E-state index contributed by atoms with van der Waals surface area (Å²) in [5, 5.41) is 9.44. The zero-order valence-corrected chi connectivity index (χ0v) is 12.6. The number of aliphatic hydroxyl groups is 1. The molecule has 0 bridgehead atoms. The molecule has 1 aliphatic carbocycles. The van der Waals surface area contributed by atoms with Gasteiger partial charge in [-0.3, -0.25) is 9.69 Å². The highest BCUT2D eigenvalue weighted by Gasteiger charge is 2.43. The second-order valence-electron chi connectivity index (χ2n) is 6.53. The van der Waals surface area contributed by atoms with Gasteiger partial charge >= 0.3 is 0 Å². The minimum absolute atomic E-state index is 0.172. The number of carbonyl (C=O) groups is 1. The molecule has 1 saturated carbocycles. The van der Waals surface area contributed by atoms with Crippen LogP contribution in [0.5, 0.6) is 0 Å². The summed E-state index contributed by atoms with van der Waals surface area (Å²) in [6.07, 6.45) is 6.36. The average Bonchev–Trinajstić information content (AvgIpc) is 3.17. The van der Waals surface area contributed by atoms with E-state index in [-0.39, 0.29) is 18.1 Å². The first-order chi connectivity index (χ1) is 10.3. The Labute approximate surface area is 127 Å². The number of nitrogens with zero attached hydrogens (tertiary/aromatic N) is 1. The Morgan fingerprint density at radius 1 is 1.19 bits per heavy atom. The van der Waals surface area contributed by atoms with Gasteiger partial charge in [0.15, 0.2) is 5.78 Å². The second-order valence-corrected chi connectivity index (χ2v) is 6.53. The second kappa shape index (κ2) is 6.29. The molecule has 0 radical (unpaired) electrons. The van der Waals surface area contributed by atoms with E-state index >= 15 is 0 Å². The number of rotatable bonds is 5. The van der Waals surface area contributed by atoms with Crippen molar-refractivity contribution in [2.45, 2.75) is 50.0 Å². The molecule has 3 nitrogen and oxygen atoms in total. The van der Waals surface area contributed by atoms with Gasteiger partial charge in [-0.2, -0.15) is 0 Å². The highest BCUT2D eigenvalue weighted by molar-refractivity contribution is 5.92. The van der Waals surface area contributed by atoms with E-state index in [0.29, 0.717) is 12.3 Å². The Morgan fingerprint density at radius 3 is 2.57 bits per heavy atom. The molecule has 2 aliphatic rings. The van der Waals surface area contributed by atoms with Crippen molar-refractivity contribution in [2.24, 2.45) is 0 Å². The zero-order valence-electron chi connectivity index (χ0n) is 12.6. The van der Waals surface area contributed by atoms with Gasteiger partial charge in [0.05, 0.1) is 18.6 Å². The Balaban J connectivity index is 1.80. The third kappa shape index (κ3) is 2.77. The Bertz CT molecular complexity index is 479. The molecule has 21 heavy (non-hydrogen) atoms. The van der Waals surface area contributed by atoms with E-state index < -0.39 is 0 Å². The highest BCUT2D eigenvalue weighted by Crippen LogP contribution is 2.42. The first-order valence-electron chi connectivity index (χ1n) is 8.20. The summed E-state index contributed by atoms with van der Waals surface area (Å²) in [6.45, 7) is 1.62. The number of aliphatic hydroxyl groups excluding tert-OH is 1. The molecule has 2 fully saturated rings. The minimum atomic E-state index is -0.274. The van der Waals surface area contributed by atoms with Crippen LogP contribution in [0, 0.1) is 0 Å². The van der Waals surface area contributed by atoms with Gasteiger partial charge in [0, 0.05) is 6.04 Å². The van der Waals surface area contributed by atoms with E-state index in [2.05, 4.69) is 17.0 Å². The van der Waals surface area contributed by atoms with Crippen LogP contribution in [0.25, 0.3) is 0 Å². The summed E-state index contributed by atoms with van der Waals surface area (Å²) < 4.78 is 0. The lowest BCUT2D eigenvalue weighted by atomic mass is 9.75. The minimum Gasteiger partial charge on any atom is -0.395 e. The van der Waals surface area contributed by atoms with Crippen molar-refractivity contribution < 1.29 is 9.90 Å². The Morgan fingerprint density at radius 2 is 1.90 bits per heavy atom. The van der Waals surface area contributed by atoms with Gasteiger partial charge in [-0.05, 0) is 37.8 Å². The largest absolute Gasteiger partial charge is 0.395 e. The van der Waals surface area contributed by atoms with Gasteiger partial charge in [0.2, 0.25) is 0 Å². The molecule has 1 atom stereocenters. The van der Waals surface area contributed by atoms with E-state index in [1.807, 2.05) is 18.2 Å². The smallest absolute Gasteiger partial charge is 0.157 e. The molecular weight excluding hydrogens is 262 g/mol. The van der Waals surface area contributed by atoms with Crippen molar-refractivity contribution in [2.75, 3.05) is 19.7 Å². The van der Waals surface area contributed by atoms with Crippen LogP contribution in [0.2, 0.25) is 0 Å². The lowest BCUT2D eigenvalue weighted by Crippen LogP contribution is -2.44. The van der Waals surface area contributed by atoms with E-state index in [9.17, 15) is 9.90 Å². The van der Waals surface area contributed by atoms with E-state index in [4.69, 9.17) is 0 Å². The van der Waals surface area contributed by atoms with Crippen LogP contribution in [-0.2, 0) is 10.2 Å². The first-order valence-corrected chi connectivity index (χ1v) is 8.20. The number of hydrogen-bond donors (Lipinski definition) is 1. The summed E-state index contributed by atoms with van der Waals surface area (Å²) in [7, 11) is 0. The molecule has 1 N–H and O–H groups in total. The van der Waals surface area contributed by atoms with Crippen molar-refractivity contribution >= 4 is 5.78 Å². The fraction of sp³-hybridized carbons (Fsp3) is 0.611. The summed E-state index contributed by atoms with van der Waals surface area (Å²) in [5.41, 5.74) is 0.913. The summed E-state index contributed by atoms with van der Waals surface area (Å²) in [5.74, 6) is 0.353. The third-order valence-corrected chi connectivity index (χ3v) is 5.37. The van der Waals surface area contributed by atoms with Crippen molar-refractivity contribution in [3.05, 3.63) is 35.9 Å². The molecular formula is C18H25NO2. The summed E-state index contributed by atoms with van der Waals surface area (Å²) in [4.78, 5) is 15.2. The van der Waals surface area contributed by atoms with Crippen LogP contribution in [0.4, 0.5) is 0 Å².